The molecule has 0 aliphatic carbocycles. The molecule has 1 fully saturated rings. The van der Waals surface area contributed by atoms with E-state index < -0.39 is 0 Å². The third-order valence-electron chi connectivity index (χ3n) is 3.13. The first-order valence-corrected chi connectivity index (χ1v) is 6.92. The van der Waals surface area contributed by atoms with Crippen molar-refractivity contribution in [1.82, 2.24) is 9.88 Å². The van der Waals surface area contributed by atoms with Gasteiger partial charge in [-0.25, -0.2) is 9.78 Å². The van der Waals surface area contributed by atoms with Crippen LogP contribution in [0.1, 0.15) is 28.2 Å². The molecule has 1 atom stereocenters. The van der Waals surface area contributed by atoms with Crippen LogP contribution >= 0.6 is 11.3 Å². The molecule has 0 amide bonds. The highest BCUT2D eigenvalue weighted by atomic mass is 32.1. The fourth-order valence-electron chi connectivity index (χ4n) is 2.20. The number of nitrogens with zero attached hydrogens (tertiary/aromatic N) is 2. The van der Waals surface area contributed by atoms with Crippen molar-refractivity contribution < 1.29 is 9.53 Å². The number of hydrogen-bond donors (Lipinski definition) is 1. The molecule has 1 aliphatic rings. The van der Waals surface area contributed by atoms with Crippen molar-refractivity contribution in [3.63, 3.8) is 0 Å². The molecule has 18 heavy (non-hydrogen) atoms. The van der Waals surface area contributed by atoms with E-state index >= 15 is 0 Å². The summed E-state index contributed by atoms with van der Waals surface area (Å²) in [5, 5.41) is 4.22. The number of likely N-dealkylation sites (N-methyl/N-ethyl adjacent to an activating group) is 1. The molecule has 1 saturated heterocycles. The minimum atomic E-state index is -0.363. The van der Waals surface area contributed by atoms with Crippen molar-refractivity contribution in [1.29, 1.82) is 0 Å². The molecule has 1 aromatic rings. The Morgan fingerprint density at radius 3 is 3.06 bits per heavy atom. The van der Waals surface area contributed by atoms with Gasteiger partial charge in [0.25, 0.3) is 0 Å². The van der Waals surface area contributed by atoms with Crippen LogP contribution in [0.25, 0.3) is 0 Å². The second-order valence-electron chi connectivity index (χ2n) is 4.66. The molecule has 0 radical (unpaired) electrons. The number of anilines is 1. The zero-order chi connectivity index (χ0) is 13.1. The second-order valence-corrected chi connectivity index (χ2v) is 5.86. The first-order chi connectivity index (χ1) is 8.60. The number of aromatic nitrogens is 1. The van der Waals surface area contributed by atoms with Crippen LogP contribution in [0, 0.1) is 6.92 Å². The van der Waals surface area contributed by atoms with E-state index in [9.17, 15) is 4.79 Å². The first kappa shape index (κ1) is 13.3. The molecule has 0 aromatic carbocycles. The van der Waals surface area contributed by atoms with Gasteiger partial charge in [0.2, 0.25) is 0 Å². The van der Waals surface area contributed by atoms with Crippen molar-refractivity contribution in [2.45, 2.75) is 25.8 Å². The van der Waals surface area contributed by atoms with E-state index in [0.717, 1.165) is 29.5 Å². The predicted octanol–water partition coefficient (Wildman–Crippen LogP) is 1.74. The maximum atomic E-state index is 11.5. The molecule has 0 spiro atoms. The van der Waals surface area contributed by atoms with Gasteiger partial charge in [0.05, 0.1) is 7.11 Å². The lowest BCUT2D eigenvalue weighted by atomic mass is 10.1. The Balaban J connectivity index is 2.03. The van der Waals surface area contributed by atoms with Crippen molar-refractivity contribution in [3.05, 3.63) is 10.6 Å². The molecule has 0 saturated carbocycles. The Bertz CT molecular complexity index is 433. The van der Waals surface area contributed by atoms with Crippen LogP contribution in [0.2, 0.25) is 0 Å². The molecule has 100 valence electrons. The number of piperidine rings is 1. The van der Waals surface area contributed by atoms with Gasteiger partial charge >= 0.3 is 5.97 Å². The lowest BCUT2D eigenvalue weighted by Crippen LogP contribution is -2.39. The molecule has 5 nitrogen and oxygen atoms in total. The van der Waals surface area contributed by atoms with Gasteiger partial charge in [0.15, 0.2) is 10.8 Å². The van der Waals surface area contributed by atoms with Crippen LogP contribution in [0.3, 0.4) is 0 Å². The van der Waals surface area contributed by atoms with E-state index in [1.165, 1.54) is 24.9 Å². The number of esters is 1. The average Bonchev–Trinajstić information content (AvgIpc) is 2.69. The number of ether oxygens (including phenoxy) is 1. The van der Waals surface area contributed by atoms with Crippen molar-refractivity contribution in [3.8, 4) is 0 Å². The summed E-state index contributed by atoms with van der Waals surface area (Å²) in [4.78, 5) is 19.0. The average molecular weight is 269 g/mol. The molecular formula is C12H19N3O2S. The molecular weight excluding hydrogens is 250 g/mol. The summed E-state index contributed by atoms with van der Waals surface area (Å²) in [6.07, 6.45) is 2.35. The van der Waals surface area contributed by atoms with Crippen LogP contribution in [0.15, 0.2) is 0 Å². The van der Waals surface area contributed by atoms with Crippen molar-refractivity contribution in [2.75, 3.05) is 32.6 Å². The highest BCUT2D eigenvalue weighted by Gasteiger charge is 2.20. The number of carbonyl (C=O) groups excluding carboxylic acids is 1. The highest BCUT2D eigenvalue weighted by molar-refractivity contribution is 7.15. The van der Waals surface area contributed by atoms with Crippen LogP contribution in [-0.2, 0) is 4.74 Å². The maximum Gasteiger partial charge on any atom is 0.357 e. The first-order valence-electron chi connectivity index (χ1n) is 6.11. The Morgan fingerprint density at radius 2 is 2.39 bits per heavy atom. The standard InChI is InChI=1S/C12H19N3O2S/c1-8-10(11(16)17-3)14-12(18-8)13-9-5-4-6-15(2)7-9/h9H,4-7H2,1-3H3,(H,13,14). The highest BCUT2D eigenvalue weighted by Crippen LogP contribution is 2.24. The summed E-state index contributed by atoms with van der Waals surface area (Å²) in [5.41, 5.74) is 0.425. The monoisotopic (exact) mass is 269 g/mol. The third-order valence-corrected chi connectivity index (χ3v) is 4.03. The molecule has 1 N–H and O–H groups in total. The number of aryl methyl sites for hydroxylation is 1. The van der Waals surface area contributed by atoms with E-state index in [2.05, 4.69) is 22.2 Å². The number of likely N-dealkylation sites (tertiary alicyclic amines) is 1. The number of hydrogen-bond acceptors (Lipinski definition) is 6. The van der Waals surface area contributed by atoms with Crippen LogP contribution in [0.5, 0.6) is 0 Å². The summed E-state index contributed by atoms with van der Waals surface area (Å²) < 4.78 is 4.71. The van der Waals surface area contributed by atoms with Gasteiger partial charge < -0.3 is 15.0 Å². The van der Waals surface area contributed by atoms with E-state index in [1.807, 2.05) is 6.92 Å². The number of nitrogens with one attached hydrogen (secondary N) is 1. The Kier molecular flexibility index (Phi) is 4.19. The van der Waals surface area contributed by atoms with Gasteiger partial charge in [-0.15, -0.1) is 11.3 Å². The number of methoxy groups -OCH3 is 1. The Morgan fingerprint density at radius 1 is 1.61 bits per heavy atom. The molecule has 0 bridgehead atoms. The largest absolute Gasteiger partial charge is 0.464 e. The molecule has 1 unspecified atom stereocenters. The molecule has 1 aromatic heterocycles. The zero-order valence-corrected chi connectivity index (χ0v) is 11.8. The molecule has 2 heterocycles. The molecule has 1 aliphatic heterocycles. The minimum Gasteiger partial charge on any atom is -0.464 e. The smallest absolute Gasteiger partial charge is 0.357 e. The van der Waals surface area contributed by atoms with Gasteiger partial charge in [0, 0.05) is 17.5 Å². The normalized spacial score (nSPS) is 20.7. The minimum absolute atomic E-state index is 0.363. The van der Waals surface area contributed by atoms with Gasteiger partial charge in [-0.2, -0.15) is 0 Å². The Labute approximate surface area is 111 Å². The third kappa shape index (κ3) is 3.00. The van der Waals surface area contributed by atoms with E-state index in [4.69, 9.17) is 4.74 Å². The lowest BCUT2D eigenvalue weighted by Gasteiger charge is -2.29. The van der Waals surface area contributed by atoms with Crippen LogP contribution in [-0.4, -0.2) is 49.1 Å². The van der Waals surface area contributed by atoms with Crippen LogP contribution in [0.4, 0.5) is 5.13 Å². The van der Waals surface area contributed by atoms with Gasteiger partial charge in [-0.05, 0) is 33.4 Å². The van der Waals surface area contributed by atoms with Gasteiger partial charge in [0.1, 0.15) is 0 Å². The number of thiazole rings is 1. The fourth-order valence-corrected chi connectivity index (χ4v) is 3.08. The number of carbonyl (C=O) groups is 1. The summed E-state index contributed by atoms with van der Waals surface area (Å²) in [6, 6.07) is 0.416. The Hall–Kier alpha value is -1.14. The summed E-state index contributed by atoms with van der Waals surface area (Å²) >= 11 is 1.51. The molecule has 6 heteroatoms. The quantitative estimate of drug-likeness (QED) is 0.847. The van der Waals surface area contributed by atoms with E-state index in [-0.39, 0.29) is 5.97 Å². The zero-order valence-electron chi connectivity index (χ0n) is 11.0. The van der Waals surface area contributed by atoms with Crippen LogP contribution < -0.4 is 5.32 Å². The lowest BCUT2D eigenvalue weighted by molar-refractivity contribution is 0.0594. The fraction of sp³-hybridized carbons (Fsp3) is 0.667. The topological polar surface area (TPSA) is 54.5 Å². The van der Waals surface area contributed by atoms with E-state index in [1.54, 1.807) is 0 Å². The summed E-state index contributed by atoms with van der Waals surface area (Å²) in [5.74, 6) is -0.363. The molecule has 2 rings (SSSR count). The van der Waals surface area contributed by atoms with E-state index in [0.29, 0.717) is 11.7 Å². The second kappa shape index (κ2) is 5.67. The van der Waals surface area contributed by atoms with Gasteiger partial charge in [-0.1, -0.05) is 0 Å². The van der Waals surface area contributed by atoms with Crippen molar-refractivity contribution in [2.24, 2.45) is 0 Å². The number of rotatable bonds is 3. The SMILES string of the molecule is COC(=O)c1nc(NC2CCCN(C)C2)sc1C. The van der Waals surface area contributed by atoms with Crippen molar-refractivity contribution >= 4 is 22.4 Å². The van der Waals surface area contributed by atoms with Gasteiger partial charge in [-0.3, -0.25) is 0 Å². The summed E-state index contributed by atoms with van der Waals surface area (Å²) in [7, 11) is 3.51. The summed E-state index contributed by atoms with van der Waals surface area (Å²) in [6.45, 7) is 4.07. The maximum absolute atomic E-state index is 11.5. The predicted molar refractivity (Wildman–Crippen MR) is 72.3 cm³/mol.